The summed E-state index contributed by atoms with van der Waals surface area (Å²) in [4.78, 5) is 13.1. The zero-order valence-corrected chi connectivity index (χ0v) is 9.19. The number of hydrogen-bond donors (Lipinski definition) is 0. The highest BCUT2D eigenvalue weighted by Gasteiger charge is 2.24. The second-order valence-electron chi connectivity index (χ2n) is 4.03. The van der Waals surface area contributed by atoms with Gasteiger partial charge in [-0.3, -0.25) is 0 Å². The molecule has 1 atom stereocenters. The molecule has 1 saturated heterocycles. The van der Waals surface area contributed by atoms with Gasteiger partial charge in [0, 0.05) is 24.9 Å². The molecule has 0 amide bonds. The molecule has 0 aliphatic carbocycles. The Hall–Kier alpha value is -0.990. The van der Waals surface area contributed by atoms with E-state index in [2.05, 4.69) is 23.5 Å². The number of ether oxygens (including phenoxy) is 1. The third-order valence-corrected chi connectivity index (χ3v) is 2.72. The maximum absolute atomic E-state index is 10.9. The van der Waals surface area contributed by atoms with E-state index in [4.69, 9.17) is 0 Å². The van der Waals surface area contributed by atoms with Gasteiger partial charge >= 0.3 is 5.97 Å². The van der Waals surface area contributed by atoms with Crippen LogP contribution in [0.4, 0.5) is 0 Å². The Morgan fingerprint density at radius 3 is 2.86 bits per heavy atom. The fourth-order valence-electron chi connectivity index (χ4n) is 1.94. The average Bonchev–Trinajstić information content (AvgIpc) is 2.62. The predicted octanol–water partition coefficient (Wildman–Crippen LogP) is 1.79. The molecule has 0 radical (unpaired) electrons. The minimum Gasteiger partial charge on any atom is -0.466 e. The molecule has 0 saturated carbocycles. The van der Waals surface area contributed by atoms with Crippen LogP contribution in [-0.4, -0.2) is 30.6 Å². The summed E-state index contributed by atoms with van der Waals surface area (Å²) in [5, 5.41) is 0. The summed E-state index contributed by atoms with van der Waals surface area (Å²) in [6.07, 6.45) is 5.81. The highest BCUT2D eigenvalue weighted by Crippen LogP contribution is 2.23. The van der Waals surface area contributed by atoms with E-state index < -0.39 is 0 Å². The zero-order chi connectivity index (χ0) is 10.6. The van der Waals surface area contributed by atoms with Gasteiger partial charge in [0.15, 0.2) is 0 Å². The number of carbonyl (C=O) groups excluding carboxylic acids is 1. The van der Waals surface area contributed by atoms with Gasteiger partial charge in [0.05, 0.1) is 7.11 Å². The summed E-state index contributed by atoms with van der Waals surface area (Å²) in [7, 11) is 1.40. The number of methoxy groups -OCH3 is 1. The predicted molar refractivity (Wildman–Crippen MR) is 55.7 cm³/mol. The van der Waals surface area contributed by atoms with Gasteiger partial charge in [-0.15, -0.1) is 0 Å². The van der Waals surface area contributed by atoms with Crippen molar-refractivity contribution in [3.05, 3.63) is 12.3 Å². The van der Waals surface area contributed by atoms with E-state index in [0.717, 1.165) is 6.54 Å². The molecule has 0 aromatic rings. The van der Waals surface area contributed by atoms with E-state index in [9.17, 15) is 4.79 Å². The largest absolute Gasteiger partial charge is 0.466 e. The van der Waals surface area contributed by atoms with Crippen molar-refractivity contribution in [1.29, 1.82) is 0 Å². The SMILES string of the molecule is COC(=O)C=CN1CCCC1C(C)C. The lowest BCUT2D eigenvalue weighted by Crippen LogP contribution is -2.28. The summed E-state index contributed by atoms with van der Waals surface area (Å²) in [5.41, 5.74) is 0. The molecule has 1 heterocycles. The Morgan fingerprint density at radius 2 is 2.29 bits per heavy atom. The molecule has 1 unspecified atom stereocenters. The van der Waals surface area contributed by atoms with E-state index in [1.54, 1.807) is 0 Å². The second kappa shape index (κ2) is 5.03. The average molecular weight is 197 g/mol. The van der Waals surface area contributed by atoms with Crippen LogP contribution in [0.25, 0.3) is 0 Å². The summed E-state index contributed by atoms with van der Waals surface area (Å²) in [6.45, 7) is 5.49. The molecule has 0 spiro atoms. The number of rotatable bonds is 3. The van der Waals surface area contributed by atoms with Crippen molar-refractivity contribution in [1.82, 2.24) is 4.90 Å². The Balaban J connectivity index is 2.51. The second-order valence-corrected chi connectivity index (χ2v) is 4.03. The standard InChI is InChI=1S/C11H19NO2/c1-9(2)10-5-4-7-12(10)8-6-11(13)14-3/h6,8-10H,4-5,7H2,1-3H3. The van der Waals surface area contributed by atoms with Crippen molar-refractivity contribution >= 4 is 5.97 Å². The van der Waals surface area contributed by atoms with Gasteiger partial charge in [0.1, 0.15) is 0 Å². The molecule has 0 aromatic carbocycles. The van der Waals surface area contributed by atoms with E-state index in [0.29, 0.717) is 12.0 Å². The minimum atomic E-state index is -0.278. The Labute approximate surface area is 85.7 Å². The Bertz CT molecular complexity index is 223. The molecule has 14 heavy (non-hydrogen) atoms. The maximum atomic E-state index is 10.9. The molecule has 3 nitrogen and oxygen atoms in total. The first kappa shape index (κ1) is 11.1. The van der Waals surface area contributed by atoms with Crippen LogP contribution in [-0.2, 0) is 9.53 Å². The smallest absolute Gasteiger partial charge is 0.331 e. The van der Waals surface area contributed by atoms with Crippen molar-refractivity contribution in [2.24, 2.45) is 5.92 Å². The van der Waals surface area contributed by atoms with Crippen LogP contribution >= 0.6 is 0 Å². The summed E-state index contributed by atoms with van der Waals surface area (Å²) in [5.74, 6) is 0.360. The van der Waals surface area contributed by atoms with Gasteiger partial charge < -0.3 is 9.64 Å². The fraction of sp³-hybridized carbons (Fsp3) is 0.727. The topological polar surface area (TPSA) is 29.5 Å². The first-order valence-corrected chi connectivity index (χ1v) is 5.17. The van der Waals surface area contributed by atoms with E-state index >= 15 is 0 Å². The third-order valence-electron chi connectivity index (χ3n) is 2.72. The first-order chi connectivity index (χ1) is 6.65. The van der Waals surface area contributed by atoms with Crippen LogP contribution in [0.15, 0.2) is 12.3 Å². The fourth-order valence-corrected chi connectivity index (χ4v) is 1.94. The monoisotopic (exact) mass is 197 g/mol. The highest BCUT2D eigenvalue weighted by molar-refractivity contribution is 5.81. The maximum Gasteiger partial charge on any atom is 0.331 e. The zero-order valence-electron chi connectivity index (χ0n) is 9.19. The lowest BCUT2D eigenvalue weighted by molar-refractivity contribution is -0.134. The normalized spacial score (nSPS) is 22.3. The van der Waals surface area contributed by atoms with Crippen LogP contribution in [0.5, 0.6) is 0 Å². The number of hydrogen-bond acceptors (Lipinski definition) is 3. The van der Waals surface area contributed by atoms with E-state index in [-0.39, 0.29) is 5.97 Å². The van der Waals surface area contributed by atoms with Gasteiger partial charge in [-0.25, -0.2) is 4.79 Å². The molecule has 0 aromatic heterocycles. The molecule has 1 aliphatic rings. The molecule has 0 bridgehead atoms. The molecule has 3 heteroatoms. The minimum absolute atomic E-state index is 0.278. The quantitative estimate of drug-likeness (QED) is 0.510. The van der Waals surface area contributed by atoms with Crippen LogP contribution in [0, 0.1) is 5.92 Å². The van der Waals surface area contributed by atoms with Gasteiger partial charge in [0.25, 0.3) is 0 Å². The lowest BCUT2D eigenvalue weighted by atomic mass is 10.0. The van der Waals surface area contributed by atoms with Crippen molar-refractivity contribution in [2.45, 2.75) is 32.7 Å². The van der Waals surface area contributed by atoms with Crippen LogP contribution in [0.1, 0.15) is 26.7 Å². The lowest BCUT2D eigenvalue weighted by Gasteiger charge is -2.25. The molecule has 1 aliphatic heterocycles. The summed E-state index contributed by atoms with van der Waals surface area (Å²) in [6, 6.07) is 0.580. The molecule has 80 valence electrons. The van der Waals surface area contributed by atoms with E-state index in [1.807, 2.05) is 6.20 Å². The van der Waals surface area contributed by atoms with Crippen LogP contribution in [0.3, 0.4) is 0 Å². The number of esters is 1. The number of carbonyl (C=O) groups is 1. The van der Waals surface area contributed by atoms with Gasteiger partial charge in [-0.05, 0) is 18.8 Å². The summed E-state index contributed by atoms with van der Waals surface area (Å²) < 4.78 is 4.55. The van der Waals surface area contributed by atoms with Crippen molar-refractivity contribution in [3.8, 4) is 0 Å². The van der Waals surface area contributed by atoms with Crippen molar-refractivity contribution < 1.29 is 9.53 Å². The molecular formula is C11H19NO2. The van der Waals surface area contributed by atoms with Crippen LogP contribution in [0.2, 0.25) is 0 Å². The third kappa shape index (κ3) is 2.76. The Kier molecular flexibility index (Phi) is 3.98. The van der Waals surface area contributed by atoms with E-state index in [1.165, 1.54) is 26.0 Å². The molecule has 1 rings (SSSR count). The Morgan fingerprint density at radius 1 is 1.57 bits per heavy atom. The van der Waals surface area contributed by atoms with Crippen LogP contribution < -0.4 is 0 Å². The summed E-state index contributed by atoms with van der Waals surface area (Å²) >= 11 is 0. The highest BCUT2D eigenvalue weighted by atomic mass is 16.5. The number of nitrogens with zero attached hydrogens (tertiary/aromatic N) is 1. The molecule has 0 N–H and O–H groups in total. The number of likely N-dealkylation sites (tertiary alicyclic amines) is 1. The van der Waals surface area contributed by atoms with Gasteiger partial charge in [0.2, 0.25) is 0 Å². The first-order valence-electron chi connectivity index (χ1n) is 5.17. The molecule has 1 fully saturated rings. The van der Waals surface area contributed by atoms with Gasteiger partial charge in [-0.2, -0.15) is 0 Å². The van der Waals surface area contributed by atoms with Gasteiger partial charge in [-0.1, -0.05) is 13.8 Å². The van der Waals surface area contributed by atoms with Crippen molar-refractivity contribution in [2.75, 3.05) is 13.7 Å². The molecular weight excluding hydrogens is 178 g/mol. The van der Waals surface area contributed by atoms with Crippen molar-refractivity contribution in [3.63, 3.8) is 0 Å².